The summed E-state index contributed by atoms with van der Waals surface area (Å²) in [6.07, 6.45) is 0. The number of amides is 5. The number of carbonyl (C=O) groups excluding carboxylic acids is 6. The fraction of sp³-hybridized carbons (Fsp3) is 0.217. The normalized spacial score (nSPS) is 15.5. The number of hydrogen-bond acceptors (Lipinski definition) is 7. The van der Waals surface area contributed by atoms with Gasteiger partial charge in [-0.1, -0.05) is 11.6 Å². The van der Waals surface area contributed by atoms with E-state index in [0.29, 0.717) is 0 Å². The number of hydrogen-bond donors (Lipinski definition) is 1. The van der Waals surface area contributed by atoms with E-state index in [-0.39, 0.29) is 27.9 Å². The Morgan fingerprint density at radius 1 is 0.879 bits per heavy atom. The van der Waals surface area contributed by atoms with Gasteiger partial charge in [-0.2, -0.15) is 0 Å². The van der Waals surface area contributed by atoms with Gasteiger partial charge in [0.1, 0.15) is 6.04 Å². The highest BCUT2D eigenvalue weighted by Gasteiger charge is 2.41. The molecule has 0 fully saturated rings. The predicted molar refractivity (Wildman–Crippen MR) is 114 cm³/mol. The van der Waals surface area contributed by atoms with E-state index >= 15 is 0 Å². The van der Waals surface area contributed by atoms with E-state index in [1.165, 1.54) is 38.2 Å². The third-order valence-corrected chi connectivity index (χ3v) is 5.52. The Balaban J connectivity index is 1.37. The maximum Gasteiger partial charge on any atom is 0.329 e. The first-order valence-electron chi connectivity index (χ1n) is 10.0. The number of carbonyl (C=O) groups is 6. The molecule has 5 amide bonds. The van der Waals surface area contributed by atoms with Gasteiger partial charge in [0, 0.05) is 12.7 Å². The lowest BCUT2D eigenvalue weighted by molar-refractivity contribution is -0.150. The SMILES string of the molecule is Cc1ccc2c(c1)C(=O)N(C(C)C(=O)OCC(=O)Nc1ccc3c(c1)C(=O)N(C)C3=O)C2=O. The van der Waals surface area contributed by atoms with Crippen LogP contribution in [0.15, 0.2) is 36.4 Å². The second-order valence-corrected chi connectivity index (χ2v) is 7.79. The Bertz CT molecular complexity index is 1270. The zero-order chi connectivity index (χ0) is 24.0. The quantitative estimate of drug-likeness (QED) is 0.539. The average molecular weight is 449 g/mol. The molecule has 0 spiro atoms. The van der Waals surface area contributed by atoms with Crippen LogP contribution in [0.25, 0.3) is 0 Å². The lowest BCUT2D eigenvalue weighted by Gasteiger charge is -2.20. The van der Waals surface area contributed by atoms with Crippen LogP contribution >= 0.6 is 0 Å². The number of imide groups is 2. The second-order valence-electron chi connectivity index (χ2n) is 7.79. The first-order chi connectivity index (χ1) is 15.6. The zero-order valence-electron chi connectivity index (χ0n) is 18.0. The van der Waals surface area contributed by atoms with E-state index < -0.39 is 48.2 Å². The Kier molecular flexibility index (Phi) is 5.28. The van der Waals surface area contributed by atoms with Crippen LogP contribution in [0.3, 0.4) is 0 Å². The smallest absolute Gasteiger partial charge is 0.329 e. The number of ether oxygens (including phenoxy) is 1. The molecule has 4 rings (SSSR count). The van der Waals surface area contributed by atoms with Crippen LogP contribution in [0.5, 0.6) is 0 Å². The Morgan fingerprint density at radius 3 is 2.18 bits per heavy atom. The Labute approximate surface area is 188 Å². The summed E-state index contributed by atoms with van der Waals surface area (Å²) in [6, 6.07) is 7.81. The van der Waals surface area contributed by atoms with Crippen LogP contribution in [0.1, 0.15) is 53.9 Å². The number of anilines is 1. The molecule has 2 aromatic rings. The van der Waals surface area contributed by atoms with Crippen molar-refractivity contribution < 1.29 is 33.5 Å². The summed E-state index contributed by atoms with van der Waals surface area (Å²) >= 11 is 0. The molecule has 0 radical (unpaired) electrons. The third kappa shape index (κ3) is 3.65. The van der Waals surface area contributed by atoms with E-state index in [2.05, 4.69) is 5.32 Å². The molecule has 33 heavy (non-hydrogen) atoms. The van der Waals surface area contributed by atoms with Crippen molar-refractivity contribution in [1.29, 1.82) is 0 Å². The van der Waals surface area contributed by atoms with Crippen LogP contribution in [0.4, 0.5) is 5.69 Å². The first kappa shape index (κ1) is 21.9. The number of fused-ring (bicyclic) bond motifs is 2. The highest BCUT2D eigenvalue weighted by Crippen LogP contribution is 2.26. The van der Waals surface area contributed by atoms with Gasteiger partial charge in [-0.3, -0.25) is 33.8 Å². The van der Waals surface area contributed by atoms with Crippen molar-refractivity contribution >= 4 is 41.2 Å². The van der Waals surface area contributed by atoms with Gasteiger partial charge in [0.15, 0.2) is 6.61 Å². The molecule has 1 unspecified atom stereocenters. The topological polar surface area (TPSA) is 130 Å². The number of benzene rings is 2. The predicted octanol–water partition coefficient (Wildman–Crippen LogP) is 1.39. The molecule has 1 atom stereocenters. The third-order valence-electron chi connectivity index (χ3n) is 5.52. The van der Waals surface area contributed by atoms with Gasteiger partial charge in [-0.05, 0) is 44.2 Å². The van der Waals surface area contributed by atoms with Crippen molar-refractivity contribution in [2.75, 3.05) is 19.0 Å². The molecular formula is C23H19N3O7. The second kappa shape index (κ2) is 7.97. The number of nitrogens with one attached hydrogen (secondary N) is 1. The standard InChI is InChI=1S/C23H19N3O7/c1-11-4-6-15-16(8-11)22(31)26(21(15)30)12(2)23(32)33-10-18(27)24-13-5-7-14-17(9-13)20(29)25(3)19(14)28/h4-9,12H,10H2,1-3H3,(H,24,27). The molecule has 168 valence electrons. The molecule has 10 heteroatoms. The van der Waals surface area contributed by atoms with Crippen LogP contribution in [0.2, 0.25) is 0 Å². The van der Waals surface area contributed by atoms with Gasteiger partial charge in [-0.15, -0.1) is 0 Å². The van der Waals surface area contributed by atoms with E-state index in [9.17, 15) is 28.8 Å². The van der Waals surface area contributed by atoms with Crippen molar-refractivity contribution in [3.8, 4) is 0 Å². The van der Waals surface area contributed by atoms with Crippen LogP contribution in [0, 0.1) is 6.92 Å². The summed E-state index contributed by atoms with van der Waals surface area (Å²) in [5, 5.41) is 2.48. The molecule has 0 aromatic heterocycles. The molecule has 2 aliphatic heterocycles. The van der Waals surface area contributed by atoms with Gasteiger partial charge in [0.05, 0.1) is 22.3 Å². The molecule has 0 saturated carbocycles. The van der Waals surface area contributed by atoms with Crippen molar-refractivity contribution in [1.82, 2.24) is 9.80 Å². The minimum absolute atomic E-state index is 0.159. The summed E-state index contributed by atoms with van der Waals surface area (Å²) in [5.41, 5.74) is 1.86. The number of esters is 1. The molecule has 0 aliphatic carbocycles. The monoisotopic (exact) mass is 449 g/mol. The summed E-state index contributed by atoms with van der Waals surface area (Å²) in [7, 11) is 1.36. The molecule has 1 N–H and O–H groups in total. The zero-order valence-corrected chi connectivity index (χ0v) is 18.0. The minimum Gasteiger partial charge on any atom is -0.454 e. The summed E-state index contributed by atoms with van der Waals surface area (Å²) < 4.78 is 4.99. The molecule has 0 saturated heterocycles. The molecule has 2 aliphatic rings. The average Bonchev–Trinajstić information content (AvgIpc) is 3.16. The van der Waals surface area contributed by atoms with Crippen molar-refractivity contribution in [2.24, 2.45) is 0 Å². The van der Waals surface area contributed by atoms with Crippen LogP contribution < -0.4 is 5.32 Å². The molecule has 0 bridgehead atoms. The lowest BCUT2D eigenvalue weighted by Crippen LogP contribution is -2.44. The van der Waals surface area contributed by atoms with Crippen molar-refractivity contribution in [2.45, 2.75) is 19.9 Å². The van der Waals surface area contributed by atoms with Crippen LogP contribution in [-0.2, 0) is 14.3 Å². The maximum atomic E-state index is 12.6. The van der Waals surface area contributed by atoms with Gasteiger partial charge < -0.3 is 10.1 Å². The maximum absolute atomic E-state index is 12.6. The van der Waals surface area contributed by atoms with E-state index in [4.69, 9.17) is 4.74 Å². The summed E-state index contributed by atoms with van der Waals surface area (Å²) in [6.45, 7) is 2.45. The lowest BCUT2D eigenvalue weighted by atomic mass is 10.1. The summed E-state index contributed by atoms with van der Waals surface area (Å²) in [4.78, 5) is 75.6. The van der Waals surface area contributed by atoms with E-state index in [1.54, 1.807) is 19.1 Å². The molecular weight excluding hydrogens is 430 g/mol. The van der Waals surface area contributed by atoms with E-state index in [0.717, 1.165) is 15.4 Å². The van der Waals surface area contributed by atoms with Gasteiger partial charge in [0.2, 0.25) is 0 Å². The molecule has 2 aromatic carbocycles. The fourth-order valence-corrected chi connectivity index (χ4v) is 3.72. The molecule has 2 heterocycles. The number of aryl methyl sites for hydroxylation is 1. The highest BCUT2D eigenvalue weighted by molar-refractivity contribution is 6.23. The first-order valence-corrected chi connectivity index (χ1v) is 10.0. The van der Waals surface area contributed by atoms with Crippen molar-refractivity contribution in [3.05, 3.63) is 64.2 Å². The number of rotatable bonds is 5. The van der Waals surface area contributed by atoms with Gasteiger partial charge in [-0.25, -0.2) is 4.79 Å². The van der Waals surface area contributed by atoms with Gasteiger partial charge in [0.25, 0.3) is 29.5 Å². The van der Waals surface area contributed by atoms with Crippen molar-refractivity contribution in [3.63, 3.8) is 0 Å². The fourth-order valence-electron chi connectivity index (χ4n) is 3.72. The summed E-state index contributed by atoms with van der Waals surface area (Å²) in [5.74, 6) is -3.74. The highest BCUT2D eigenvalue weighted by atomic mass is 16.5. The van der Waals surface area contributed by atoms with E-state index in [1.807, 2.05) is 0 Å². The Hall–Kier alpha value is -4.34. The number of nitrogens with zero attached hydrogens (tertiary/aromatic N) is 2. The van der Waals surface area contributed by atoms with Gasteiger partial charge >= 0.3 is 5.97 Å². The Morgan fingerprint density at radius 2 is 1.45 bits per heavy atom. The minimum atomic E-state index is -1.23. The molecule has 10 nitrogen and oxygen atoms in total. The largest absolute Gasteiger partial charge is 0.454 e. The van der Waals surface area contributed by atoms with Crippen LogP contribution in [-0.4, -0.2) is 65.0 Å².